The number of nitriles is 1. The van der Waals surface area contributed by atoms with Gasteiger partial charge < -0.3 is 10.8 Å². The summed E-state index contributed by atoms with van der Waals surface area (Å²) < 4.78 is 0. The Bertz CT molecular complexity index is 564. The summed E-state index contributed by atoms with van der Waals surface area (Å²) in [5, 5.41) is 19.2. The van der Waals surface area contributed by atoms with Crippen molar-refractivity contribution in [2.75, 3.05) is 0 Å². The highest BCUT2D eigenvalue weighted by atomic mass is 16.3. The van der Waals surface area contributed by atoms with Gasteiger partial charge in [-0.3, -0.25) is 4.79 Å². The third-order valence-corrected chi connectivity index (χ3v) is 3.13. The van der Waals surface area contributed by atoms with Gasteiger partial charge in [-0.1, -0.05) is 27.7 Å². The molecule has 0 spiro atoms. The van der Waals surface area contributed by atoms with Crippen molar-refractivity contribution in [3.8, 4) is 11.8 Å². The van der Waals surface area contributed by atoms with Gasteiger partial charge >= 0.3 is 0 Å². The molecule has 0 bridgehead atoms. The number of benzene rings is 1. The van der Waals surface area contributed by atoms with Crippen LogP contribution in [-0.4, -0.2) is 11.0 Å². The Hall–Kier alpha value is -2.28. The van der Waals surface area contributed by atoms with Crippen LogP contribution in [-0.2, 0) is 4.79 Å². The van der Waals surface area contributed by atoms with E-state index in [1.165, 1.54) is 6.08 Å². The van der Waals surface area contributed by atoms with Gasteiger partial charge in [0.1, 0.15) is 17.4 Å². The number of amides is 1. The highest BCUT2D eigenvalue weighted by Gasteiger charge is 2.15. The predicted octanol–water partition coefficient (Wildman–Crippen LogP) is 3.03. The summed E-state index contributed by atoms with van der Waals surface area (Å²) in [7, 11) is 0. The van der Waals surface area contributed by atoms with E-state index in [-0.39, 0.29) is 23.2 Å². The molecule has 106 valence electrons. The van der Waals surface area contributed by atoms with Crippen molar-refractivity contribution in [1.29, 1.82) is 5.26 Å². The lowest BCUT2D eigenvalue weighted by Gasteiger charge is -2.16. The minimum atomic E-state index is -0.752. The third-order valence-electron chi connectivity index (χ3n) is 3.13. The quantitative estimate of drug-likeness (QED) is 0.652. The van der Waals surface area contributed by atoms with Crippen molar-refractivity contribution in [3.63, 3.8) is 0 Å². The molecule has 1 rings (SSSR count). The zero-order valence-corrected chi connectivity index (χ0v) is 12.3. The molecule has 0 fully saturated rings. The normalized spacial score (nSPS) is 11.8. The maximum Gasteiger partial charge on any atom is 0.259 e. The molecule has 1 amide bonds. The van der Waals surface area contributed by atoms with Crippen molar-refractivity contribution >= 4 is 12.0 Å². The van der Waals surface area contributed by atoms with Crippen molar-refractivity contribution in [3.05, 3.63) is 34.4 Å². The van der Waals surface area contributed by atoms with E-state index in [2.05, 4.69) is 0 Å². The van der Waals surface area contributed by atoms with Gasteiger partial charge in [0.05, 0.1) is 0 Å². The monoisotopic (exact) mass is 272 g/mol. The molecule has 0 aliphatic carbocycles. The number of nitrogens with two attached hydrogens (primary N) is 1. The van der Waals surface area contributed by atoms with Gasteiger partial charge in [-0.2, -0.15) is 5.26 Å². The predicted molar refractivity (Wildman–Crippen MR) is 79.1 cm³/mol. The first-order chi connectivity index (χ1) is 9.27. The topological polar surface area (TPSA) is 87.1 Å². The number of hydrogen-bond acceptors (Lipinski definition) is 3. The number of aromatic hydroxyl groups is 1. The van der Waals surface area contributed by atoms with Crippen molar-refractivity contribution in [2.24, 2.45) is 5.73 Å². The second kappa shape index (κ2) is 6.25. The fourth-order valence-corrected chi connectivity index (χ4v) is 1.99. The summed E-state index contributed by atoms with van der Waals surface area (Å²) in [6, 6.07) is 5.35. The lowest BCUT2D eigenvalue weighted by Crippen LogP contribution is -2.12. The maximum atomic E-state index is 11.1. The molecule has 0 aliphatic heterocycles. The van der Waals surface area contributed by atoms with E-state index >= 15 is 0 Å². The molecule has 4 heteroatoms. The second-order valence-corrected chi connectivity index (χ2v) is 5.39. The first kappa shape index (κ1) is 15.8. The number of phenols is 1. The molecule has 1 aromatic rings. The molecule has 0 aromatic heterocycles. The molecule has 3 N–H and O–H groups in total. The lowest BCUT2D eigenvalue weighted by atomic mass is 9.91. The minimum Gasteiger partial charge on any atom is -0.507 e. The van der Waals surface area contributed by atoms with Crippen LogP contribution in [0.15, 0.2) is 17.7 Å². The molecule has 0 saturated carbocycles. The standard InChI is InChI=1S/C16H20N2O2/c1-9(2)13-6-11(5-12(8-17)16(18)20)7-14(10(3)4)15(13)19/h5-7,9-10,19H,1-4H3,(H2,18,20)/b12-5-. The number of carbonyl (C=O) groups excluding carboxylic acids is 1. The first-order valence-corrected chi connectivity index (χ1v) is 6.56. The molecule has 0 unspecified atom stereocenters. The van der Waals surface area contributed by atoms with Crippen LogP contribution in [0, 0.1) is 11.3 Å². The molecule has 0 saturated heterocycles. The smallest absolute Gasteiger partial charge is 0.259 e. The molecule has 1 aromatic carbocycles. The minimum absolute atomic E-state index is 0.0971. The largest absolute Gasteiger partial charge is 0.507 e. The van der Waals surface area contributed by atoms with Crippen molar-refractivity contribution in [2.45, 2.75) is 39.5 Å². The van der Waals surface area contributed by atoms with E-state index in [0.29, 0.717) is 5.56 Å². The maximum absolute atomic E-state index is 11.1. The summed E-state index contributed by atoms with van der Waals surface area (Å²) in [5.41, 5.74) is 7.34. The SMILES string of the molecule is CC(C)c1cc(/C=C(/C#N)C(N)=O)cc(C(C)C)c1O. The Morgan fingerprint density at radius 3 is 2.00 bits per heavy atom. The van der Waals surface area contributed by atoms with Gasteiger partial charge in [0.2, 0.25) is 0 Å². The zero-order valence-electron chi connectivity index (χ0n) is 12.3. The lowest BCUT2D eigenvalue weighted by molar-refractivity contribution is -0.114. The van der Waals surface area contributed by atoms with Gasteiger partial charge in [0.25, 0.3) is 5.91 Å². The molecule has 0 heterocycles. The molecule has 0 atom stereocenters. The summed E-state index contributed by atoms with van der Waals surface area (Å²) in [5.74, 6) is -0.192. The Labute approximate surface area is 119 Å². The van der Waals surface area contributed by atoms with E-state index in [1.54, 1.807) is 18.2 Å². The van der Waals surface area contributed by atoms with E-state index in [0.717, 1.165) is 11.1 Å². The van der Waals surface area contributed by atoms with Crippen LogP contribution in [0.4, 0.5) is 0 Å². The Morgan fingerprint density at radius 1 is 1.25 bits per heavy atom. The number of nitrogens with zero attached hydrogens (tertiary/aromatic N) is 1. The average molecular weight is 272 g/mol. The van der Waals surface area contributed by atoms with Crippen LogP contribution in [0.1, 0.15) is 56.2 Å². The zero-order chi connectivity index (χ0) is 15.4. The number of carbonyl (C=O) groups is 1. The second-order valence-electron chi connectivity index (χ2n) is 5.39. The van der Waals surface area contributed by atoms with Crippen LogP contribution < -0.4 is 5.73 Å². The highest BCUT2D eigenvalue weighted by molar-refractivity contribution is 6.00. The van der Waals surface area contributed by atoms with Gasteiger partial charge in [0, 0.05) is 0 Å². The fraction of sp³-hybridized carbons (Fsp3) is 0.375. The molecular weight excluding hydrogens is 252 g/mol. The Kier molecular flexibility index (Phi) is 4.93. The first-order valence-electron chi connectivity index (χ1n) is 6.56. The summed E-state index contributed by atoms with van der Waals surface area (Å²) >= 11 is 0. The van der Waals surface area contributed by atoms with E-state index in [4.69, 9.17) is 11.0 Å². The van der Waals surface area contributed by atoms with E-state index < -0.39 is 5.91 Å². The molecule has 0 aliphatic rings. The van der Waals surface area contributed by atoms with Gasteiger partial charge in [0.15, 0.2) is 0 Å². The summed E-state index contributed by atoms with van der Waals surface area (Å²) in [6.45, 7) is 7.91. The fourth-order valence-electron chi connectivity index (χ4n) is 1.99. The van der Waals surface area contributed by atoms with E-state index in [1.807, 2.05) is 27.7 Å². The van der Waals surface area contributed by atoms with E-state index in [9.17, 15) is 9.90 Å². The summed E-state index contributed by atoms with van der Waals surface area (Å²) in [6.07, 6.45) is 1.46. The van der Waals surface area contributed by atoms with Crippen LogP contribution in [0.3, 0.4) is 0 Å². The molecule has 0 radical (unpaired) electrons. The average Bonchev–Trinajstić information content (AvgIpc) is 2.36. The van der Waals surface area contributed by atoms with Gasteiger partial charge in [-0.05, 0) is 46.7 Å². The molecular formula is C16H20N2O2. The Morgan fingerprint density at radius 2 is 1.70 bits per heavy atom. The van der Waals surface area contributed by atoms with Crippen molar-refractivity contribution < 1.29 is 9.90 Å². The van der Waals surface area contributed by atoms with Gasteiger partial charge in [-0.15, -0.1) is 0 Å². The van der Waals surface area contributed by atoms with Crippen LogP contribution in [0.5, 0.6) is 5.75 Å². The van der Waals surface area contributed by atoms with Crippen LogP contribution in [0.2, 0.25) is 0 Å². The van der Waals surface area contributed by atoms with Gasteiger partial charge in [-0.25, -0.2) is 0 Å². The highest BCUT2D eigenvalue weighted by Crippen LogP contribution is 2.35. The van der Waals surface area contributed by atoms with Crippen LogP contribution >= 0.6 is 0 Å². The molecule has 20 heavy (non-hydrogen) atoms. The third kappa shape index (κ3) is 3.39. The Balaban J connectivity index is 3.50. The number of hydrogen-bond donors (Lipinski definition) is 2. The molecule has 4 nitrogen and oxygen atoms in total. The number of primary amides is 1. The number of rotatable bonds is 4. The van der Waals surface area contributed by atoms with Crippen molar-refractivity contribution in [1.82, 2.24) is 0 Å². The number of phenolic OH excluding ortho intramolecular Hbond substituents is 1. The van der Waals surface area contributed by atoms with Crippen LogP contribution in [0.25, 0.3) is 6.08 Å². The summed E-state index contributed by atoms with van der Waals surface area (Å²) in [4.78, 5) is 11.1.